The number of aromatic nitrogens is 2. The molecule has 0 aliphatic heterocycles. The highest BCUT2D eigenvalue weighted by atomic mass is 32.2. The minimum Gasteiger partial charge on any atom is -0.321 e. The molecule has 7 heteroatoms. The molecule has 1 fully saturated rings. The standard InChI is InChI=1S/C13H20N4O2S/c1-11-15-8-12(17(11)2)20(18,19)16-10-13(9-14)6-4-3-5-7-13/h8,16H,3-7,10H2,1-2H3. The summed E-state index contributed by atoms with van der Waals surface area (Å²) in [5.41, 5.74) is -0.557. The Morgan fingerprint density at radius 3 is 2.60 bits per heavy atom. The summed E-state index contributed by atoms with van der Waals surface area (Å²) >= 11 is 0. The van der Waals surface area contributed by atoms with E-state index < -0.39 is 15.4 Å². The van der Waals surface area contributed by atoms with Gasteiger partial charge >= 0.3 is 0 Å². The predicted octanol–water partition coefficient (Wildman–Crippen LogP) is 1.48. The molecular formula is C13H20N4O2S. The van der Waals surface area contributed by atoms with Crippen LogP contribution in [0.15, 0.2) is 11.2 Å². The van der Waals surface area contributed by atoms with Crippen molar-refractivity contribution in [2.45, 2.75) is 44.1 Å². The van der Waals surface area contributed by atoms with E-state index in [4.69, 9.17) is 0 Å². The van der Waals surface area contributed by atoms with E-state index in [1.54, 1.807) is 14.0 Å². The highest BCUT2D eigenvalue weighted by molar-refractivity contribution is 7.89. The second kappa shape index (κ2) is 5.54. The Kier molecular flexibility index (Phi) is 4.16. The zero-order chi connectivity index (χ0) is 14.8. The molecule has 6 nitrogen and oxygen atoms in total. The van der Waals surface area contributed by atoms with Gasteiger partial charge < -0.3 is 4.57 Å². The van der Waals surface area contributed by atoms with Gasteiger partial charge in [0, 0.05) is 13.6 Å². The molecule has 1 N–H and O–H groups in total. The van der Waals surface area contributed by atoms with Gasteiger partial charge in [-0.05, 0) is 19.8 Å². The van der Waals surface area contributed by atoms with E-state index >= 15 is 0 Å². The fourth-order valence-corrected chi connectivity index (χ4v) is 3.89. The summed E-state index contributed by atoms with van der Waals surface area (Å²) in [5.74, 6) is 0.637. The van der Waals surface area contributed by atoms with Gasteiger partial charge in [0.2, 0.25) is 0 Å². The lowest BCUT2D eigenvalue weighted by molar-refractivity contribution is 0.269. The van der Waals surface area contributed by atoms with E-state index in [1.165, 1.54) is 10.8 Å². The SMILES string of the molecule is Cc1ncc(S(=O)(=O)NCC2(C#N)CCCCC2)n1C. The first-order valence-electron chi connectivity index (χ1n) is 6.79. The van der Waals surface area contributed by atoms with E-state index in [9.17, 15) is 13.7 Å². The van der Waals surface area contributed by atoms with Crippen molar-refractivity contribution in [3.8, 4) is 6.07 Å². The quantitative estimate of drug-likeness (QED) is 0.911. The molecule has 0 amide bonds. The Morgan fingerprint density at radius 1 is 1.45 bits per heavy atom. The molecule has 2 rings (SSSR count). The van der Waals surface area contributed by atoms with Gasteiger partial charge in [-0.3, -0.25) is 0 Å². The van der Waals surface area contributed by atoms with E-state index in [2.05, 4.69) is 15.8 Å². The Labute approximate surface area is 119 Å². The lowest BCUT2D eigenvalue weighted by atomic mass is 9.75. The van der Waals surface area contributed by atoms with Gasteiger partial charge in [-0.25, -0.2) is 18.1 Å². The smallest absolute Gasteiger partial charge is 0.257 e. The number of sulfonamides is 1. The van der Waals surface area contributed by atoms with Crippen molar-refractivity contribution in [3.05, 3.63) is 12.0 Å². The number of nitrogens with one attached hydrogen (secondary N) is 1. The first-order valence-corrected chi connectivity index (χ1v) is 8.28. The lowest BCUT2D eigenvalue weighted by Crippen LogP contribution is -2.38. The molecule has 20 heavy (non-hydrogen) atoms. The molecule has 0 aromatic carbocycles. The molecule has 110 valence electrons. The first-order chi connectivity index (χ1) is 9.40. The van der Waals surface area contributed by atoms with E-state index in [1.807, 2.05) is 0 Å². The van der Waals surface area contributed by atoms with E-state index in [-0.39, 0.29) is 11.6 Å². The second-order valence-electron chi connectivity index (χ2n) is 5.48. The summed E-state index contributed by atoms with van der Waals surface area (Å²) in [6, 6.07) is 2.31. The summed E-state index contributed by atoms with van der Waals surface area (Å²) in [6.07, 6.45) is 5.96. The Hall–Kier alpha value is -1.39. The van der Waals surface area contributed by atoms with Crippen molar-refractivity contribution < 1.29 is 8.42 Å². The van der Waals surface area contributed by atoms with Gasteiger partial charge in [0.1, 0.15) is 5.82 Å². The van der Waals surface area contributed by atoms with Crippen molar-refractivity contribution in [3.63, 3.8) is 0 Å². The van der Waals surface area contributed by atoms with Crippen LogP contribution in [0.25, 0.3) is 0 Å². The van der Waals surface area contributed by atoms with Crippen molar-refractivity contribution in [2.24, 2.45) is 12.5 Å². The minimum atomic E-state index is -3.62. The fraction of sp³-hybridized carbons (Fsp3) is 0.692. The molecule has 1 aliphatic rings. The van der Waals surface area contributed by atoms with Crippen LogP contribution in [0.1, 0.15) is 37.9 Å². The molecule has 0 spiro atoms. The van der Waals surface area contributed by atoms with Gasteiger partial charge in [-0.1, -0.05) is 19.3 Å². The molecule has 1 saturated carbocycles. The topological polar surface area (TPSA) is 87.8 Å². The molecule has 0 bridgehead atoms. The highest BCUT2D eigenvalue weighted by Gasteiger charge is 2.34. The molecule has 0 unspecified atom stereocenters. The van der Waals surface area contributed by atoms with Crippen LogP contribution in [-0.4, -0.2) is 24.5 Å². The van der Waals surface area contributed by atoms with Crippen LogP contribution < -0.4 is 4.72 Å². The number of rotatable bonds is 4. The third kappa shape index (κ3) is 2.86. The van der Waals surface area contributed by atoms with Crippen molar-refractivity contribution in [1.82, 2.24) is 14.3 Å². The van der Waals surface area contributed by atoms with Crippen LogP contribution in [0.2, 0.25) is 0 Å². The minimum absolute atomic E-state index is 0.138. The van der Waals surface area contributed by atoms with Crippen LogP contribution in [0.5, 0.6) is 0 Å². The molecule has 1 aromatic heterocycles. The molecule has 0 saturated heterocycles. The zero-order valence-corrected chi connectivity index (χ0v) is 12.7. The van der Waals surface area contributed by atoms with Gasteiger partial charge in [-0.15, -0.1) is 0 Å². The molecule has 1 aromatic rings. The number of nitrogens with zero attached hydrogens (tertiary/aromatic N) is 3. The van der Waals surface area contributed by atoms with Crippen LogP contribution in [-0.2, 0) is 17.1 Å². The largest absolute Gasteiger partial charge is 0.321 e. The lowest BCUT2D eigenvalue weighted by Gasteiger charge is -2.30. The van der Waals surface area contributed by atoms with Crippen LogP contribution in [0.4, 0.5) is 0 Å². The Balaban J connectivity index is 2.13. The maximum atomic E-state index is 12.3. The van der Waals surface area contributed by atoms with Gasteiger partial charge in [0.15, 0.2) is 5.03 Å². The first kappa shape index (κ1) is 15.0. The van der Waals surface area contributed by atoms with Gasteiger partial charge in [0.05, 0.1) is 17.7 Å². The number of hydrogen-bond donors (Lipinski definition) is 1. The molecule has 0 radical (unpaired) electrons. The number of aryl methyl sites for hydroxylation is 1. The fourth-order valence-electron chi connectivity index (χ4n) is 2.59. The summed E-state index contributed by atoms with van der Waals surface area (Å²) < 4.78 is 28.7. The van der Waals surface area contributed by atoms with Crippen molar-refractivity contribution in [1.29, 1.82) is 5.26 Å². The van der Waals surface area contributed by atoms with Gasteiger partial charge in [-0.2, -0.15) is 5.26 Å². The molecule has 1 heterocycles. The Bertz CT molecular complexity index is 621. The number of hydrogen-bond acceptors (Lipinski definition) is 4. The van der Waals surface area contributed by atoms with Crippen LogP contribution in [0.3, 0.4) is 0 Å². The second-order valence-corrected chi connectivity index (χ2v) is 7.19. The van der Waals surface area contributed by atoms with Crippen LogP contribution >= 0.6 is 0 Å². The molecular weight excluding hydrogens is 276 g/mol. The van der Waals surface area contributed by atoms with Crippen molar-refractivity contribution >= 4 is 10.0 Å². The van der Waals surface area contributed by atoms with Crippen molar-refractivity contribution in [2.75, 3.05) is 6.54 Å². The maximum absolute atomic E-state index is 12.3. The van der Waals surface area contributed by atoms with Crippen LogP contribution in [0, 0.1) is 23.7 Å². The van der Waals surface area contributed by atoms with Gasteiger partial charge in [0.25, 0.3) is 10.0 Å². The summed E-state index contributed by atoms with van der Waals surface area (Å²) in [6.45, 7) is 1.92. The molecule has 1 aliphatic carbocycles. The predicted molar refractivity (Wildman–Crippen MR) is 74.3 cm³/mol. The van der Waals surface area contributed by atoms with E-state index in [0.29, 0.717) is 5.82 Å². The monoisotopic (exact) mass is 296 g/mol. The summed E-state index contributed by atoms with van der Waals surface area (Å²) in [4.78, 5) is 3.99. The number of nitriles is 1. The highest BCUT2D eigenvalue weighted by Crippen LogP contribution is 2.35. The third-order valence-electron chi connectivity index (χ3n) is 4.10. The third-order valence-corrected chi connectivity index (χ3v) is 5.56. The normalized spacial score (nSPS) is 18.6. The average molecular weight is 296 g/mol. The summed E-state index contributed by atoms with van der Waals surface area (Å²) in [5, 5.41) is 9.50. The maximum Gasteiger partial charge on any atom is 0.257 e. The Morgan fingerprint density at radius 2 is 2.10 bits per heavy atom. The summed E-state index contributed by atoms with van der Waals surface area (Å²) in [7, 11) is -1.95. The molecule has 0 atom stereocenters. The number of imidazole rings is 1. The van der Waals surface area contributed by atoms with E-state index in [0.717, 1.165) is 32.1 Å². The zero-order valence-electron chi connectivity index (χ0n) is 11.9. The average Bonchev–Trinajstić information content (AvgIpc) is 2.79.